The van der Waals surface area contributed by atoms with Gasteiger partial charge in [0.25, 0.3) is 0 Å². The normalized spacial score (nSPS) is 11.9. The molecule has 1 atom stereocenters. The van der Waals surface area contributed by atoms with Gasteiger partial charge in [-0.25, -0.2) is 9.36 Å². The minimum absolute atomic E-state index is 0.149. The van der Waals surface area contributed by atoms with Crippen LogP contribution in [0.1, 0.15) is 18.5 Å². The first-order valence-electron chi connectivity index (χ1n) is 7.61. The largest absolute Gasteiger partial charge is 0.442 e. The first kappa shape index (κ1) is 15.7. The predicted octanol–water partition coefficient (Wildman–Crippen LogP) is 2.38. The number of nitrogens with one attached hydrogen (secondary N) is 1. The fourth-order valence-corrected chi connectivity index (χ4v) is 2.46. The van der Waals surface area contributed by atoms with Gasteiger partial charge in [0.15, 0.2) is 5.82 Å². The Balaban J connectivity index is 1.76. The number of hydrogen-bond acceptors (Lipinski definition) is 4. The second kappa shape index (κ2) is 6.95. The Bertz CT molecular complexity index is 869. The molecule has 0 aliphatic carbocycles. The summed E-state index contributed by atoms with van der Waals surface area (Å²) in [5.74, 6) is -0.603. The number of carbonyl (C=O) groups is 1. The molecular weight excluding hydrogens is 306 g/mol. The van der Waals surface area contributed by atoms with Crippen LogP contribution < -0.4 is 11.1 Å². The fourth-order valence-electron chi connectivity index (χ4n) is 2.46. The van der Waals surface area contributed by atoms with Gasteiger partial charge in [-0.1, -0.05) is 65.8 Å². The van der Waals surface area contributed by atoms with Gasteiger partial charge >= 0.3 is 5.76 Å². The third kappa shape index (κ3) is 3.43. The third-order valence-corrected chi connectivity index (χ3v) is 3.70. The van der Waals surface area contributed by atoms with Gasteiger partial charge in [-0.3, -0.25) is 9.32 Å². The van der Waals surface area contributed by atoms with Crippen molar-refractivity contribution in [3.8, 4) is 11.4 Å². The Morgan fingerprint density at radius 3 is 2.42 bits per heavy atom. The van der Waals surface area contributed by atoms with E-state index >= 15 is 0 Å². The van der Waals surface area contributed by atoms with E-state index in [0.717, 1.165) is 5.56 Å². The maximum atomic E-state index is 12.3. The average Bonchev–Trinajstić information content (AvgIpc) is 2.97. The van der Waals surface area contributed by atoms with Gasteiger partial charge in [-0.2, -0.15) is 0 Å². The van der Waals surface area contributed by atoms with E-state index in [1.165, 1.54) is 4.57 Å². The highest BCUT2D eigenvalue weighted by Gasteiger charge is 2.17. The van der Waals surface area contributed by atoms with E-state index in [9.17, 15) is 9.59 Å². The summed E-state index contributed by atoms with van der Waals surface area (Å²) in [7, 11) is 0. The molecule has 3 aromatic rings. The molecule has 2 aromatic carbocycles. The number of aromatic nitrogens is 2. The van der Waals surface area contributed by atoms with Gasteiger partial charge in [0.2, 0.25) is 5.91 Å². The van der Waals surface area contributed by atoms with Crippen molar-refractivity contribution in [2.24, 2.45) is 0 Å². The van der Waals surface area contributed by atoms with Crippen molar-refractivity contribution >= 4 is 5.91 Å². The molecule has 0 fully saturated rings. The second-order valence-corrected chi connectivity index (χ2v) is 5.42. The van der Waals surface area contributed by atoms with E-state index in [-0.39, 0.29) is 18.5 Å². The van der Waals surface area contributed by atoms with Gasteiger partial charge in [-0.05, 0) is 12.5 Å². The molecule has 1 unspecified atom stereocenters. The molecule has 0 saturated heterocycles. The Morgan fingerprint density at radius 1 is 1.12 bits per heavy atom. The third-order valence-electron chi connectivity index (χ3n) is 3.70. The zero-order chi connectivity index (χ0) is 16.9. The van der Waals surface area contributed by atoms with Crippen LogP contribution in [0.4, 0.5) is 0 Å². The zero-order valence-corrected chi connectivity index (χ0v) is 13.2. The minimum atomic E-state index is -0.656. The van der Waals surface area contributed by atoms with Gasteiger partial charge < -0.3 is 5.32 Å². The lowest BCUT2D eigenvalue weighted by Gasteiger charge is -2.14. The van der Waals surface area contributed by atoms with E-state index < -0.39 is 5.76 Å². The Kier molecular flexibility index (Phi) is 4.56. The number of carbonyl (C=O) groups excluding carboxylic acids is 1. The highest BCUT2D eigenvalue weighted by atomic mass is 16.5. The molecule has 1 amide bonds. The summed E-state index contributed by atoms with van der Waals surface area (Å²) >= 11 is 0. The number of benzene rings is 2. The number of nitrogens with zero attached hydrogens (tertiary/aromatic N) is 2. The average molecular weight is 323 g/mol. The molecule has 0 saturated carbocycles. The van der Waals surface area contributed by atoms with Gasteiger partial charge in [-0.15, -0.1) is 0 Å². The van der Waals surface area contributed by atoms with Crippen molar-refractivity contribution in [2.45, 2.75) is 19.5 Å². The number of rotatable bonds is 5. The summed E-state index contributed by atoms with van der Waals surface area (Å²) in [4.78, 5) is 24.1. The molecule has 1 aromatic heterocycles. The molecule has 1 heterocycles. The minimum Gasteiger partial charge on any atom is -0.348 e. The molecule has 6 heteroatoms. The van der Waals surface area contributed by atoms with Crippen molar-refractivity contribution < 1.29 is 9.32 Å². The van der Waals surface area contributed by atoms with E-state index in [0.29, 0.717) is 11.4 Å². The van der Waals surface area contributed by atoms with Crippen LogP contribution in [-0.4, -0.2) is 15.6 Å². The highest BCUT2D eigenvalue weighted by molar-refractivity contribution is 5.76. The van der Waals surface area contributed by atoms with Crippen LogP contribution in [0.2, 0.25) is 0 Å². The van der Waals surface area contributed by atoms with E-state index in [1.54, 1.807) is 12.1 Å². The Hall–Kier alpha value is -3.15. The van der Waals surface area contributed by atoms with E-state index in [4.69, 9.17) is 4.52 Å². The van der Waals surface area contributed by atoms with Crippen LogP contribution in [0, 0.1) is 0 Å². The molecule has 0 spiro atoms. The molecule has 6 nitrogen and oxygen atoms in total. The lowest BCUT2D eigenvalue weighted by molar-refractivity contribution is -0.122. The van der Waals surface area contributed by atoms with Crippen LogP contribution in [-0.2, 0) is 11.3 Å². The van der Waals surface area contributed by atoms with Crippen molar-refractivity contribution in [3.05, 3.63) is 76.8 Å². The summed E-state index contributed by atoms with van der Waals surface area (Å²) in [5.41, 5.74) is 1.71. The molecule has 3 rings (SSSR count). The topological polar surface area (TPSA) is 77.1 Å². The first-order chi connectivity index (χ1) is 11.6. The van der Waals surface area contributed by atoms with E-state index in [1.807, 2.05) is 55.5 Å². The van der Waals surface area contributed by atoms with Crippen LogP contribution in [0.5, 0.6) is 0 Å². The standard InChI is InChI=1S/C18H17N3O3/c1-13(14-8-4-2-5-9-14)19-16(22)12-21-17(20-24-18(21)23)15-10-6-3-7-11-15/h2-11,13H,12H2,1H3,(H,19,22). The van der Waals surface area contributed by atoms with Gasteiger partial charge in [0.1, 0.15) is 6.54 Å². The van der Waals surface area contributed by atoms with Crippen LogP contribution in [0.3, 0.4) is 0 Å². The monoisotopic (exact) mass is 323 g/mol. The lowest BCUT2D eigenvalue weighted by atomic mass is 10.1. The summed E-state index contributed by atoms with van der Waals surface area (Å²) in [6.45, 7) is 1.74. The van der Waals surface area contributed by atoms with Crippen LogP contribution in [0.25, 0.3) is 11.4 Å². The molecule has 0 aliphatic heterocycles. The van der Waals surface area contributed by atoms with Crippen LogP contribution in [0.15, 0.2) is 70.0 Å². The quantitative estimate of drug-likeness (QED) is 0.782. The summed E-state index contributed by atoms with van der Waals surface area (Å²) in [6, 6.07) is 18.6. The Labute approximate surface area is 138 Å². The smallest absolute Gasteiger partial charge is 0.348 e. The summed E-state index contributed by atoms with van der Waals surface area (Å²) < 4.78 is 5.94. The maximum absolute atomic E-state index is 12.3. The summed E-state index contributed by atoms with van der Waals surface area (Å²) in [6.07, 6.45) is 0. The first-order valence-corrected chi connectivity index (χ1v) is 7.61. The predicted molar refractivity (Wildman–Crippen MR) is 89.2 cm³/mol. The lowest BCUT2D eigenvalue weighted by Crippen LogP contribution is -2.33. The second-order valence-electron chi connectivity index (χ2n) is 5.42. The molecule has 122 valence electrons. The van der Waals surface area contributed by atoms with Gasteiger partial charge in [0, 0.05) is 5.56 Å². The van der Waals surface area contributed by atoms with Crippen molar-refractivity contribution in [2.75, 3.05) is 0 Å². The SMILES string of the molecule is CC(NC(=O)Cn1c(-c2ccccc2)noc1=O)c1ccccc1. The molecule has 0 bridgehead atoms. The van der Waals surface area contributed by atoms with E-state index in [2.05, 4.69) is 10.5 Å². The zero-order valence-electron chi connectivity index (χ0n) is 13.2. The summed E-state index contributed by atoms with van der Waals surface area (Å²) in [5, 5.41) is 6.64. The molecular formula is C18H17N3O3. The molecule has 1 N–H and O–H groups in total. The highest BCUT2D eigenvalue weighted by Crippen LogP contribution is 2.15. The van der Waals surface area contributed by atoms with Crippen molar-refractivity contribution in [1.29, 1.82) is 0 Å². The van der Waals surface area contributed by atoms with Crippen molar-refractivity contribution in [1.82, 2.24) is 15.0 Å². The number of amides is 1. The van der Waals surface area contributed by atoms with Crippen LogP contribution >= 0.6 is 0 Å². The number of hydrogen-bond donors (Lipinski definition) is 1. The maximum Gasteiger partial charge on any atom is 0.442 e. The Morgan fingerprint density at radius 2 is 1.75 bits per heavy atom. The molecule has 0 radical (unpaired) electrons. The fraction of sp³-hybridized carbons (Fsp3) is 0.167. The molecule has 24 heavy (non-hydrogen) atoms. The van der Waals surface area contributed by atoms with Gasteiger partial charge in [0.05, 0.1) is 6.04 Å². The molecule has 0 aliphatic rings. The van der Waals surface area contributed by atoms with Crippen molar-refractivity contribution in [3.63, 3.8) is 0 Å².